The predicted molar refractivity (Wildman–Crippen MR) is 74.0 cm³/mol. The lowest BCUT2D eigenvalue weighted by molar-refractivity contribution is 0.157. The van der Waals surface area contributed by atoms with Gasteiger partial charge >= 0.3 is 0 Å². The van der Waals surface area contributed by atoms with Crippen LogP contribution in [0, 0.1) is 11.2 Å². The molecule has 2 heteroatoms. The van der Waals surface area contributed by atoms with E-state index in [0.717, 1.165) is 5.56 Å². The van der Waals surface area contributed by atoms with E-state index in [-0.39, 0.29) is 11.9 Å². The molecular formula is C16H24FN. The van der Waals surface area contributed by atoms with Crippen LogP contribution in [0.3, 0.4) is 0 Å². The lowest BCUT2D eigenvalue weighted by atomic mass is 9.73. The van der Waals surface area contributed by atoms with Crippen LogP contribution in [0.4, 0.5) is 4.39 Å². The molecule has 1 aromatic rings. The van der Waals surface area contributed by atoms with Gasteiger partial charge in [0.05, 0.1) is 0 Å². The molecule has 0 bridgehead atoms. The van der Waals surface area contributed by atoms with Crippen molar-refractivity contribution < 1.29 is 4.39 Å². The normalized spacial score (nSPS) is 24.8. The Labute approximate surface area is 110 Å². The van der Waals surface area contributed by atoms with Crippen molar-refractivity contribution in [1.82, 2.24) is 5.32 Å². The highest BCUT2D eigenvalue weighted by atomic mass is 19.1. The first kappa shape index (κ1) is 13.5. The van der Waals surface area contributed by atoms with Crippen molar-refractivity contribution in [2.24, 2.45) is 5.41 Å². The SMILES string of the molecule is C[C@H](NC1CCCCC1(C)C)c1cccc(F)c1. The summed E-state index contributed by atoms with van der Waals surface area (Å²) in [5.74, 6) is -0.149. The molecule has 1 aromatic carbocycles. The Morgan fingerprint density at radius 1 is 1.33 bits per heavy atom. The Balaban J connectivity index is 2.04. The number of hydrogen-bond acceptors (Lipinski definition) is 1. The van der Waals surface area contributed by atoms with Crippen molar-refractivity contribution >= 4 is 0 Å². The highest BCUT2D eigenvalue weighted by molar-refractivity contribution is 5.19. The molecule has 1 saturated carbocycles. The van der Waals surface area contributed by atoms with Crippen molar-refractivity contribution in [2.45, 2.75) is 58.5 Å². The van der Waals surface area contributed by atoms with Crippen LogP contribution >= 0.6 is 0 Å². The zero-order valence-electron chi connectivity index (χ0n) is 11.7. The second-order valence-electron chi connectivity index (χ2n) is 6.23. The Morgan fingerprint density at radius 2 is 2.11 bits per heavy atom. The van der Waals surface area contributed by atoms with Gasteiger partial charge in [0.15, 0.2) is 0 Å². The molecule has 0 radical (unpaired) electrons. The van der Waals surface area contributed by atoms with Crippen molar-refractivity contribution in [3.05, 3.63) is 35.6 Å². The zero-order chi connectivity index (χ0) is 13.2. The second kappa shape index (κ2) is 5.40. The summed E-state index contributed by atoms with van der Waals surface area (Å²) in [6.07, 6.45) is 5.14. The maximum atomic E-state index is 13.2. The van der Waals surface area contributed by atoms with Gasteiger partial charge in [0.1, 0.15) is 5.82 Å². The maximum absolute atomic E-state index is 13.2. The summed E-state index contributed by atoms with van der Waals surface area (Å²) < 4.78 is 13.2. The van der Waals surface area contributed by atoms with E-state index in [9.17, 15) is 4.39 Å². The van der Waals surface area contributed by atoms with E-state index < -0.39 is 0 Å². The Kier molecular flexibility index (Phi) is 4.06. The Morgan fingerprint density at radius 3 is 2.78 bits per heavy atom. The quantitative estimate of drug-likeness (QED) is 0.834. The molecule has 18 heavy (non-hydrogen) atoms. The molecule has 1 N–H and O–H groups in total. The van der Waals surface area contributed by atoms with Gasteiger partial charge in [-0.05, 0) is 42.9 Å². The highest BCUT2D eigenvalue weighted by Crippen LogP contribution is 2.36. The summed E-state index contributed by atoms with van der Waals surface area (Å²) in [5.41, 5.74) is 1.39. The second-order valence-corrected chi connectivity index (χ2v) is 6.23. The van der Waals surface area contributed by atoms with Crippen LogP contribution in [0.5, 0.6) is 0 Å². The molecule has 2 atom stereocenters. The minimum absolute atomic E-state index is 0.149. The molecule has 1 unspecified atom stereocenters. The molecule has 0 aromatic heterocycles. The summed E-state index contributed by atoms with van der Waals surface area (Å²) >= 11 is 0. The third-order valence-electron chi connectivity index (χ3n) is 4.31. The topological polar surface area (TPSA) is 12.0 Å². The average Bonchev–Trinajstić information content (AvgIpc) is 2.31. The van der Waals surface area contributed by atoms with Gasteiger partial charge in [-0.3, -0.25) is 0 Å². The van der Waals surface area contributed by atoms with Gasteiger partial charge in [-0.1, -0.05) is 38.8 Å². The fourth-order valence-corrected chi connectivity index (χ4v) is 2.98. The van der Waals surface area contributed by atoms with Crippen LogP contribution in [0.15, 0.2) is 24.3 Å². The highest BCUT2D eigenvalue weighted by Gasteiger charge is 2.32. The largest absolute Gasteiger partial charge is 0.307 e. The summed E-state index contributed by atoms with van der Waals surface area (Å²) in [4.78, 5) is 0. The fraction of sp³-hybridized carbons (Fsp3) is 0.625. The standard InChI is InChI=1S/C16H24FN/c1-12(13-7-6-8-14(17)11-13)18-15-9-4-5-10-16(15,2)3/h6-8,11-12,15,18H,4-5,9-10H2,1-3H3/t12-,15?/m0/s1. The minimum Gasteiger partial charge on any atom is -0.307 e. The first-order valence-electron chi connectivity index (χ1n) is 7.00. The molecular weight excluding hydrogens is 225 g/mol. The Hall–Kier alpha value is -0.890. The van der Waals surface area contributed by atoms with Crippen LogP contribution < -0.4 is 5.32 Å². The number of nitrogens with one attached hydrogen (secondary N) is 1. The smallest absolute Gasteiger partial charge is 0.123 e. The lowest BCUT2D eigenvalue weighted by Crippen LogP contribution is -2.45. The van der Waals surface area contributed by atoms with E-state index in [2.05, 4.69) is 26.1 Å². The van der Waals surface area contributed by atoms with Gasteiger partial charge in [-0.25, -0.2) is 4.39 Å². The van der Waals surface area contributed by atoms with E-state index in [4.69, 9.17) is 0 Å². The summed E-state index contributed by atoms with van der Waals surface area (Å²) in [6.45, 7) is 6.80. The number of halogens is 1. The van der Waals surface area contributed by atoms with Gasteiger partial charge in [0.2, 0.25) is 0 Å². The van der Waals surface area contributed by atoms with E-state index in [1.165, 1.54) is 31.7 Å². The molecule has 2 rings (SSSR count). The number of benzene rings is 1. The molecule has 0 aliphatic heterocycles. The first-order chi connectivity index (χ1) is 8.49. The van der Waals surface area contributed by atoms with Gasteiger partial charge < -0.3 is 5.32 Å². The predicted octanol–water partition coefficient (Wildman–Crippen LogP) is 4.45. The first-order valence-corrected chi connectivity index (χ1v) is 7.00. The third-order valence-corrected chi connectivity index (χ3v) is 4.31. The van der Waals surface area contributed by atoms with Gasteiger partial charge in [0, 0.05) is 12.1 Å². The Bertz CT molecular complexity index is 400. The number of hydrogen-bond donors (Lipinski definition) is 1. The fourth-order valence-electron chi connectivity index (χ4n) is 2.98. The minimum atomic E-state index is -0.149. The van der Waals surface area contributed by atoms with Gasteiger partial charge in [-0.15, -0.1) is 0 Å². The van der Waals surface area contributed by atoms with Crippen LogP contribution in [0.25, 0.3) is 0 Å². The van der Waals surface area contributed by atoms with Crippen molar-refractivity contribution in [1.29, 1.82) is 0 Å². The van der Waals surface area contributed by atoms with Gasteiger partial charge in [-0.2, -0.15) is 0 Å². The molecule has 0 saturated heterocycles. The lowest BCUT2D eigenvalue weighted by Gasteiger charge is -2.40. The van der Waals surface area contributed by atoms with Crippen molar-refractivity contribution in [2.75, 3.05) is 0 Å². The van der Waals surface area contributed by atoms with Crippen molar-refractivity contribution in [3.8, 4) is 0 Å². The van der Waals surface area contributed by atoms with Crippen LogP contribution in [-0.2, 0) is 0 Å². The molecule has 1 aliphatic rings. The molecule has 0 spiro atoms. The summed E-state index contributed by atoms with van der Waals surface area (Å²) in [7, 11) is 0. The van der Waals surface area contributed by atoms with E-state index >= 15 is 0 Å². The average molecular weight is 249 g/mol. The molecule has 1 aliphatic carbocycles. The maximum Gasteiger partial charge on any atom is 0.123 e. The van der Waals surface area contributed by atoms with Crippen molar-refractivity contribution in [3.63, 3.8) is 0 Å². The monoisotopic (exact) mass is 249 g/mol. The third kappa shape index (κ3) is 3.11. The van der Waals surface area contributed by atoms with E-state index in [0.29, 0.717) is 11.5 Å². The van der Waals surface area contributed by atoms with Crippen LogP contribution in [0.2, 0.25) is 0 Å². The summed E-state index contributed by atoms with van der Waals surface area (Å²) in [6, 6.07) is 7.66. The van der Waals surface area contributed by atoms with E-state index in [1.54, 1.807) is 12.1 Å². The molecule has 100 valence electrons. The van der Waals surface area contributed by atoms with Crippen LogP contribution in [0.1, 0.15) is 58.1 Å². The summed E-state index contributed by atoms with van der Waals surface area (Å²) in [5, 5.41) is 3.69. The number of rotatable bonds is 3. The van der Waals surface area contributed by atoms with E-state index in [1.807, 2.05) is 6.07 Å². The molecule has 0 amide bonds. The molecule has 1 nitrogen and oxygen atoms in total. The van der Waals surface area contributed by atoms with Crippen LogP contribution in [-0.4, -0.2) is 6.04 Å². The molecule has 1 fully saturated rings. The van der Waals surface area contributed by atoms with Gasteiger partial charge in [0.25, 0.3) is 0 Å². The molecule has 0 heterocycles. The zero-order valence-corrected chi connectivity index (χ0v) is 11.7.